The van der Waals surface area contributed by atoms with Gasteiger partial charge in [-0.2, -0.15) is 0 Å². The van der Waals surface area contributed by atoms with E-state index < -0.39 is 62.1 Å². The molecule has 1 fully saturated rings. The fourth-order valence-corrected chi connectivity index (χ4v) is 2.88. The fraction of sp³-hybridized carbons (Fsp3) is 0.458. The Morgan fingerprint density at radius 3 is 2.42 bits per heavy atom. The van der Waals surface area contributed by atoms with Gasteiger partial charge in [-0.15, -0.1) is 0 Å². The van der Waals surface area contributed by atoms with Gasteiger partial charge in [0.25, 0.3) is 0 Å². The van der Waals surface area contributed by atoms with Crippen LogP contribution in [0.2, 0.25) is 0 Å². The van der Waals surface area contributed by atoms with E-state index >= 15 is 0 Å². The van der Waals surface area contributed by atoms with Gasteiger partial charge in [-0.25, -0.2) is 0 Å². The molecule has 2 aromatic rings. The highest BCUT2D eigenvalue weighted by atomic mass is 16.5. The van der Waals surface area contributed by atoms with Crippen LogP contribution in [0, 0.1) is 13.7 Å². The van der Waals surface area contributed by atoms with Crippen molar-refractivity contribution in [1.82, 2.24) is 9.80 Å². The van der Waals surface area contributed by atoms with Gasteiger partial charge in [0.05, 0.1) is 20.5 Å². The lowest BCUT2D eigenvalue weighted by Crippen LogP contribution is -2.50. The molecule has 0 bridgehead atoms. The molecule has 0 radical (unpaired) electrons. The van der Waals surface area contributed by atoms with Crippen LogP contribution in [-0.2, 0) is 4.79 Å². The zero-order valence-electron chi connectivity index (χ0n) is 29.9. The van der Waals surface area contributed by atoms with Crippen LogP contribution in [0.1, 0.15) is 28.9 Å². The highest BCUT2D eigenvalue weighted by Gasteiger charge is 2.21. The Morgan fingerprint density at radius 2 is 1.77 bits per heavy atom. The molecular weight excluding hydrogens is 394 g/mol. The first kappa shape index (κ1) is 11.3. The third-order valence-corrected chi connectivity index (χ3v) is 4.43. The Kier molecular flexibility index (Phi) is 4.06. The van der Waals surface area contributed by atoms with E-state index in [1.165, 1.54) is 31.4 Å². The van der Waals surface area contributed by atoms with Crippen LogP contribution < -0.4 is 14.8 Å². The molecule has 31 heavy (non-hydrogen) atoms. The van der Waals surface area contributed by atoms with E-state index in [0.29, 0.717) is 0 Å². The smallest absolute Gasteiger partial charge is 0.238 e. The quantitative estimate of drug-likeness (QED) is 0.623. The van der Waals surface area contributed by atoms with Crippen LogP contribution in [0.15, 0.2) is 42.5 Å². The molecule has 168 valence electrons. The summed E-state index contributed by atoms with van der Waals surface area (Å²) in [7, 11) is 1.29. The van der Waals surface area contributed by atoms with Crippen molar-refractivity contribution in [1.29, 1.82) is 0 Å². The molecule has 1 aliphatic rings. The maximum atomic E-state index is 13.2. The first-order chi connectivity index (χ1) is 20.0. The average Bonchev–Trinajstić information content (AvgIpc) is 2.91. The Bertz CT molecular complexity index is 1310. The minimum atomic E-state index is -3.52. The lowest BCUT2D eigenvalue weighted by atomic mass is 10.1. The number of carbonyl (C=O) groups is 1. The standard InChI is InChI=1S/C24H33N3O4/c1-18-7-6-8-19(2)24(18)25-23(29)16-27-13-11-26(12-14-27)15-20(28)17-31-22-10-5-4-9-21(22)30-3/h4-10,20,28H,11-17H2,1-3H3,(H,25,29)/i1D3,2D3,15D2,16D2,17D2,20D. The lowest BCUT2D eigenvalue weighted by Gasteiger charge is -2.35. The number of hydrogen-bond donors (Lipinski definition) is 2. The van der Waals surface area contributed by atoms with Gasteiger partial charge < -0.3 is 19.9 Å². The number of piperazine rings is 1. The van der Waals surface area contributed by atoms with E-state index in [4.69, 9.17) is 27.3 Å². The number of β-amino-alcohol motifs (C(OH)–C–C–N with tert-alkyl or cyclic N) is 1. The molecular formula is C24H33N3O4. The number of rotatable bonds is 9. The monoisotopic (exact) mass is 440 g/mol. The van der Waals surface area contributed by atoms with Crippen molar-refractivity contribution in [3.63, 3.8) is 0 Å². The number of aryl methyl sites for hydroxylation is 2. The zero-order chi connectivity index (χ0) is 33.5. The predicted octanol–water partition coefficient (Wildman–Crippen LogP) is 2.31. The second kappa shape index (κ2) is 11.1. The SMILES string of the molecule is [2H]C([2H])([2H])c1cccc(C([2H])([2H])[2H])c1NC(=O)C([2H])([2H])N1CCN(C([2H])([2H])C([2H])(O)C([2H])([2H])Oc2ccccc2OC)CC1. The van der Waals surface area contributed by atoms with Gasteiger partial charge >= 0.3 is 0 Å². The molecule has 0 spiro atoms. The molecule has 0 aliphatic carbocycles. The zero-order valence-corrected chi connectivity index (χ0v) is 16.9. The largest absolute Gasteiger partial charge is 0.493 e. The summed E-state index contributed by atoms with van der Waals surface area (Å²) in [5.74, 6) is -1.48. The first-order valence-corrected chi connectivity index (χ1v) is 9.48. The number of para-hydroxylation sites is 3. The van der Waals surface area contributed by atoms with E-state index in [1.807, 2.05) is 0 Å². The molecule has 1 aliphatic heterocycles. The van der Waals surface area contributed by atoms with Crippen molar-refractivity contribution >= 4 is 11.6 Å². The Morgan fingerprint density at radius 1 is 1.13 bits per heavy atom. The van der Waals surface area contributed by atoms with Crippen LogP contribution >= 0.6 is 0 Å². The van der Waals surface area contributed by atoms with Gasteiger partial charge in [-0.05, 0) is 37.0 Å². The number of hydrogen-bond acceptors (Lipinski definition) is 6. The molecule has 2 N–H and O–H groups in total. The molecule has 1 unspecified atom stereocenters. The summed E-state index contributed by atoms with van der Waals surface area (Å²) in [6, 6.07) is 9.23. The Hall–Kier alpha value is -2.61. The lowest BCUT2D eigenvalue weighted by molar-refractivity contribution is -0.117. The number of anilines is 1. The average molecular weight is 441 g/mol. The summed E-state index contributed by atoms with van der Waals surface area (Å²) in [6.07, 6.45) is -3.52. The topological polar surface area (TPSA) is 74.3 Å². The van der Waals surface area contributed by atoms with E-state index in [2.05, 4.69) is 5.32 Å². The number of benzene rings is 2. The predicted molar refractivity (Wildman–Crippen MR) is 122 cm³/mol. The summed E-state index contributed by atoms with van der Waals surface area (Å²) >= 11 is 0. The minimum absolute atomic E-state index is 0.0781. The number of ether oxygens (including phenoxy) is 2. The first-order valence-electron chi connectivity index (χ1n) is 16.0. The van der Waals surface area contributed by atoms with Gasteiger partial charge in [0.1, 0.15) is 12.6 Å². The van der Waals surface area contributed by atoms with Crippen molar-refractivity contribution < 1.29 is 37.2 Å². The molecule has 1 saturated heterocycles. The number of nitrogens with one attached hydrogen (secondary N) is 1. The molecule has 0 aromatic heterocycles. The van der Waals surface area contributed by atoms with E-state index in [9.17, 15) is 9.90 Å². The Labute approximate surface area is 202 Å². The summed E-state index contributed by atoms with van der Waals surface area (Å²) in [4.78, 5) is 15.1. The van der Waals surface area contributed by atoms with Crippen LogP contribution in [0.3, 0.4) is 0 Å². The number of methoxy groups -OCH3 is 1. The normalized spacial score (nSPS) is 25.4. The fourth-order valence-electron chi connectivity index (χ4n) is 2.88. The molecule has 7 heteroatoms. The summed E-state index contributed by atoms with van der Waals surface area (Å²) in [5, 5.41) is 13.0. The van der Waals surface area contributed by atoms with Crippen LogP contribution in [0.4, 0.5) is 5.69 Å². The molecule has 1 atom stereocenters. The molecule has 2 aromatic carbocycles. The molecule has 0 saturated carbocycles. The third kappa shape index (κ3) is 6.69. The van der Waals surface area contributed by atoms with Crippen molar-refractivity contribution in [3.05, 3.63) is 53.6 Å². The second-order valence-corrected chi connectivity index (χ2v) is 6.58. The summed E-state index contributed by atoms with van der Waals surface area (Å²) in [6.45, 7) is -16.4. The highest BCUT2D eigenvalue weighted by Crippen LogP contribution is 2.25. The summed E-state index contributed by atoms with van der Waals surface area (Å²) in [5.41, 5.74) is -1.55. The Balaban J connectivity index is 1.79. The van der Waals surface area contributed by atoms with Crippen LogP contribution in [-0.4, -0.2) is 79.7 Å². The minimum Gasteiger partial charge on any atom is -0.493 e. The number of aliphatic hydroxyl groups is 1. The highest BCUT2D eigenvalue weighted by molar-refractivity contribution is 5.93. The van der Waals surface area contributed by atoms with Gasteiger partial charge in [0, 0.05) is 49.3 Å². The van der Waals surface area contributed by atoms with Crippen molar-refractivity contribution in [2.24, 2.45) is 0 Å². The maximum absolute atomic E-state index is 13.2. The second-order valence-electron chi connectivity index (χ2n) is 6.58. The number of carbonyl (C=O) groups excluding carboxylic acids is 1. The molecule has 1 amide bonds. The van der Waals surface area contributed by atoms with Gasteiger partial charge in [0.15, 0.2) is 11.5 Å². The number of nitrogens with zero attached hydrogens (tertiary/aromatic N) is 2. The van der Waals surface area contributed by atoms with Gasteiger partial charge in [-0.3, -0.25) is 14.6 Å². The maximum Gasteiger partial charge on any atom is 0.238 e. The molecule has 1 heterocycles. The van der Waals surface area contributed by atoms with Crippen LogP contribution in [0.25, 0.3) is 0 Å². The number of amides is 1. The van der Waals surface area contributed by atoms with E-state index in [1.54, 1.807) is 6.07 Å². The van der Waals surface area contributed by atoms with Gasteiger partial charge in [0.2, 0.25) is 5.91 Å². The van der Waals surface area contributed by atoms with E-state index in [-0.39, 0.29) is 37.7 Å². The van der Waals surface area contributed by atoms with E-state index in [0.717, 1.165) is 21.9 Å². The molecule has 7 nitrogen and oxygen atoms in total. The van der Waals surface area contributed by atoms with Crippen molar-refractivity contribution in [2.75, 3.05) is 58.2 Å². The van der Waals surface area contributed by atoms with Crippen molar-refractivity contribution in [3.8, 4) is 11.5 Å². The summed E-state index contributed by atoms with van der Waals surface area (Å²) < 4.78 is 115. The molecule has 3 rings (SSSR count). The van der Waals surface area contributed by atoms with Crippen LogP contribution in [0.5, 0.6) is 11.5 Å². The third-order valence-electron chi connectivity index (χ3n) is 4.43. The van der Waals surface area contributed by atoms with Gasteiger partial charge in [-0.1, -0.05) is 30.3 Å². The van der Waals surface area contributed by atoms with Crippen molar-refractivity contribution in [2.45, 2.75) is 19.8 Å².